The van der Waals surface area contributed by atoms with E-state index in [1.54, 1.807) is 41.3 Å². The molecule has 2 fully saturated rings. The van der Waals surface area contributed by atoms with Crippen LogP contribution in [0.5, 0.6) is 0 Å². The van der Waals surface area contributed by atoms with E-state index in [0.29, 0.717) is 36.4 Å². The molecule has 2 aromatic carbocycles. The number of nitrogens with zero attached hydrogens (tertiary/aromatic N) is 5. The van der Waals surface area contributed by atoms with E-state index in [2.05, 4.69) is 25.4 Å². The minimum atomic E-state index is -0.898. The lowest BCUT2D eigenvalue weighted by atomic mass is 9.65. The Kier molecular flexibility index (Phi) is 6.90. The fraction of sp³-hybridized carbons (Fsp3) is 0.281. The van der Waals surface area contributed by atoms with Gasteiger partial charge < -0.3 is 4.90 Å². The number of fused-ring (bicyclic) bond motifs is 2. The van der Waals surface area contributed by atoms with E-state index in [1.165, 1.54) is 30.1 Å². The topological polar surface area (TPSA) is 54.3 Å². The first-order valence-electron chi connectivity index (χ1n) is 14.1. The molecule has 1 atom stereocenters. The Labute approximate surface area is 246 Å². The van der Waals surface area contributed by atoms with Crippen molar-refractivity contribution in [2.45, 2.75) is 30.6 Å². The highest BCUT2D eigenvalue weighted by atomic mass is 32.2. The van der Waals surface area contributed by atoms with Crippen LogP contribution in [0.1, 0.15) is 40.9 Å². The van der Waals surface area contributed by atoms with Gasteiger partial charge >= 0.3 is 0 Å². The third kappa shape index (κ3) is 4.82. The summed E-state index contributed by atoms with van der Waals surface area (Å²) in [6, 6.07) is 13.7. The first-order chi connectivity index (χ1) is 20.4. The maximum Gasteiger partial charge on any atom is 0.174 e. The summed E-state index contributed by atoms with van der Waals surface area (Å²) < 4.78 is 45.1. The third-order valence-electron chi connectivity index (χ3n) is 8.45. The first kappa shape index (κ1) is 27.0. The lowest BCUT2D eigenvalue weighted by molar-refractivity contribution is 0.0781. The van der Waals surface area contributed by atoms with Gasteiger partial charge in [-0.2, -0.15) is 5.10 Å². The Morgan fingerprint density at radius 1 is 0.929 bits per heavy atom. The Bertz CT molecular complexity index is 1700. The van der Waals surface area contributed by atoms with Gasteiger partial charge in [0.25, 0.3) is 0 Å². The van der Waals surface area contributed by atoms with Crippen LogP contribution in [0, 0.1) is 22.9 Å². The van der Waals surface area contributed by atoms with Gasteiger partial charge in [-0.05, 0) is 104 Å². The van der Waals surface area contributed by atoms with Gasteiger partial charge in [-0.3, -0.25) is 4.79 Å². The highest BCUT2D eigenvalue weighted by Crippen LogP contribution is 2.48. The maximum absolute atomic E-state index is 14.6. The number of anilines is 1. The molecule has 0 amide bonds. The van der Waals surface area contributed by atoms with Crippen LogP contribution in [0.25, 0.3) is 11.8 Å². The molecule has 4 heterocycles. The standard InChI is InChI=1S/C32H28F3N5OS/c33-24-3-5-25(6-4-24)40-29-16-23-10-14-39(42-26-7-8-27(34)28(35)17-26)20-32(23,18-22(29)19-37-40)31(41)21-9-11-36-30(15-21)38-12-1-2-13-38/h3-9,11,15-17,19H,1-2,10,12-14,18,20H2. The molecular formula is C32H28F3N5OS. The monoisotopic (exact) mass is 587 g/mol. The maximum atomic E-state index is 14.6. The number of hydrogen-bond acceptors (Lipinski definition) is 6. The van der Waals surface area contributed by atoms with Crippen molar-refractivity contribution < 1.29 is 18.0 Å². The second-order valence-electron chi connectivity index (χ2n) is 11.1. The van der Waals surface area contributed by atoms with E-state index < -0.39 is 17.0 Å². The smallest absolute Gasteiger partial charge is 0.174 e. The van der Waals surface area contributed by atoms with Crippen molar-refractivity contribution in [2.75, 3.05) is 31.1 Å². The lowest BCUT2D eigenvalue weighted by Crippen LogP contribution is -2.49. The molecule has 42 heavy (non-hydrogen) atoms. The van der Waals surface area contributed by atoms with Gasteiger partial charge in [0.2, 0.25) is 0 Å². The summed E-state index contributed by atoms with van der Waals surface area (Å²) in [6.45, 7) is 2.86. The van der Waals surface area contributed by atoms with Gasteiger partial charge in [0.15, 0.2) is 17.4 Å². The molecule has 3 aliphatic rings. The second-order valence-corrected chi connectivity index (χ2v) is 12.2. The molecule has 1 aliphatic carbocycles. The van der Waals surface area contributed by atoms with Crippen molar-refractivity contribution in [3.63, 3.8) is 0 Å². The van der Waals surface area contributed by atoms with Gasteiger partial charge in [-0.15, -0.1) is 0 Å². The number of ketones is 1. The van der Waals surface area contributed by atoms with Crippen molar-refractivity contribution in [3.8, 4) is 5.69 Å². The number of carbonyl (C=O) groups excluding carboxylic acids is 1. The summed E-state index contributed by atoms with van der Waals surface area (Å²) in [5.74, 6) is -1.29. The summed E-state index contributed by atoms with van der Waals surface area (Å²) in [5.41, 5.74) is 3.28. The number of halogens is 3. The van der Waals surface area contributed by atoms with E-state index in [-0.39, 0.29) is 11.6 Å². The van der Waals surface area contributed by atoms with Crippen molar-refractivity contribution in [2.24, 2.45) is 5.41 Å². The van der Waals surface area contributed by atoms with Crippen molar-refractivity contribution in [3.05, 3.63) is 107 Å². The summed E-state index contributed by atoms with van der Waals surface area (Å²) in [6.07, 6.45) is 8.81. The average molecular weight is 588 g/mol. The molecule has 7 rings (SSSR count). The lowest BCUT2D eigenvalue weighted by Gasteiger charge is -2.45. The molecule has 2 aromatic heterocycles. The number of pyridine rings is 1. The SMILES string of the molecule is O=C(c1ccnc(N2CCCC2)c1)C12Cc3cnn(-c4ccc(F)cc4)c3C=C1CCN(Sc1ccc(F)c(F)c1)C2. The molecule has 1 unspecified atom stereocenters. The van der Waals surface area contributed by atoms with Gasteiger partial charge in [0.1, 0.15) is 11.6 Å². The largest absolute Gasteiger partial charge is 0.357 e. The summed E-state index contributed by atoms with van der Waals surface area (Å²) in [4.78, 5) is 22.0. The second kappa shape index (κ2) is 10.7. The minimum Gasteiger partial charge on any atom is -0.357 e. The van der Waals surface area contributed by atoms with Crippen molar-refractivity contribution in [1.82, 2.24) is 19.1 Å². The number of benzene rings is 2. The fourth-order valence-electron chi connectivity index (χ4n) is 6.32. The number of hydrogen-bond donors (Lipinski definition) is 0. The Balaban J connectivity index is 1.27. The molecule has 0 radical (unpaired) electrons. The number of piperidine rings is 1. The predicted molar refractivity (Wildman–Crippen MR) is 156 cm³/mol. The number of aromatic nitrogens is 3. The summed E-state index contributed by atoms with van der Waals surface area (Å²) in [5, 5.41) is 4.62. The Morgan fingerprint density at radius 3 is 2.52 bits per heavy atom. The minimum absolute atomic E-state index is 0.00682. The number of rotatable bonds is 6. The fourth-order valence-corrected chi connectivity index (χ4v) is 7.37. The van der Waals surface area contributed by atoms with Crippen LogP contribution >= 0.6 is 11.9 Å². The molecule has 0 N–H and O–H groups in total. The normalized spacial score (nSPS) is 20.3. The molecule has 4 aromatic rings. The first-order valence-corrected chi connectivity index (χ1v) is 14.8. The van der Waals surface area contributed by atoms with E-state index >= 15 is 0 Å². The molecule has 0 saturated carbocycles. The van der Waals surface area contributed by atoms with Crippen molar-refractivity contribution in [1.29, 1.82) is 0 Å². The summed E-state index contributed by atoms with van der Waals surface area (Å²) in [7, 11) is 0. The molecule has 0 bridgehead atoms. The quantitative estimate of drug-likeness (QED) is 0.190. The molecule has 2 aliphatic heterocycles. The molecule has 214 valence electrons. The van der Waals surface area contributed by atoms with Gasteiger partial charge in [-0.1, -0.05) is 5.57 Å². The molecular weight excluding hydrogens is 559 g/mol. The zero-order valence-corrected chi connectivity index (χ0v) is 23.6. The van der Waals surface area contributed by atoms with E-state index in [0.717, 1.165) is 60.3 Å². The molecule has 10 heteroatoms. The highest BCUT2D eigenvalue weighted by molar-refractivity contribution is 7.97. The van der Waals surface area contributed by atoms with Gasteiger partial charge in [-0.25, -0.2) is 27.1 Å². The van der Waals surface area contributed by atoms with E-state index in [1.807, 2.05) is 6.07 Å². The summed E-state index contributed by atoms with van der Waals surface area (Å²) >= 11 is 1.33. The van der Waals surface area contributed by atoms with Crippen LogP contribution in [0.4, 0.5) is 19.0 Å². The number of Topliss-reactive ketones (excluding diaryl/α,β-unsaturated/α-hetero) is 1. The Hall–Kier alpha value is -3.89. The third-order valence-corrected chi connectivity index (χ3v) is 9.48. The van der Waals surface area contributed by atoms with E-state index in [9.17, 15) is 18.0 Å². The zero-order chi connectivity index (χ0) is 28.8. The van der Waals surface area contributed by atoms with Crippen LogP contribution in [-0.2, 0) is 6.42 Å². The van der Waals surface area contributed by atoms with Crippen molar-refractivity contribution >= 4 is 29.6 Å². The van der Waals surface area contributed by atoms with Crippen LogP contribution in [-0.4, -0.2) is 51.0 Å². The average Bonchev–Trinajstić information content (AvgIpc) is 3.69. The van der Waals surface area contributed by atoms with Gasteiger partial charge in [0.05, 0.1) is 23.0 Å². The van der Waals surface area contributed by atoms with Crippen LogP contribution in [0.2, 0.25) is 0 Å². The number of carbonyl (C=O) groups is 1. The molecule has 0 spiro atoms. The van der Waals surface area contributed by atoms with Crippen LogP contribution in [0.3, 0.4) is 0 Å². The molecule has 6 nitrogen and oxygen atoms in total. The Morgan fingerprint density at radius 2 is 1.74 bits per heavy atom. The molecule has 2 saturated heterocycles. The van der Waals surface area contributed by atoms with Crippen LogP contribution in [0.15, 0.2) is 77.5 Å². The van der Waals surface area contributed by atoms with Crippen LogP contribution < -0.4 is 4.90 Å². The van der Waals surface area contributed by atoms with Gasteiger partial charge in [0, 0.05) is 42.8 Å². The highest BCUT2D eigenvalue weighted by Gasteiger charge is 2.49. The van der Waals surface area contributed by atoms with E-state index in [4.69, 9.17) is 0 Å². The zero-order valence-electron chi connectivity index (χ0n) is 22.8. The predicted octanol–water partition coefficient (Wildman–Crippen LogP) is 6.51.